The summed E-state index contributed by atoms with van der Waals surface area (Å²) >= 11 is 0. The van der Waals surface area contributed by atoms with Crippen molar-refractivity contribution in [1.29, 1.82) is 0 Å². The molecule has 3 aromatic rings. The van der Waals surface area contributed by atoms with Crippen molar-refractivity contribution in [2.45, 2.75) is 25.3 Å². The van der Waals surface area contributed by atoms with Gasteiger partial charge in [0, 0.05) is 18.2 Å². The van der Waals surface area contributed by atoms with Gasteiger partial charge in [0.05, 0.1) is 31.4 Å². The van der Waals surface area contributed by atoms with Gasteiger partial charge in [-0.25, -0.2) is 8.42 Å². The molecule has 1 amide bonds. The standard InChI is InChI=1S/C26H30N2O6S/c1-5-34-24-9-7-6-8-20(24)17-27-26(29)18-28(23-16-21(32-3)12-15-25(23)33-4)35(30,31)22-13-10-19(2)11-14-22/h6-16H,5,17-18H2,1-4H3,(H,27,29). The average Bonchev–Trinajstić information content (AvgIpc) is 2.86. The molecule has 0 fully saturated rings. The highest BCUT2D eigenvalue weighted by Crippen LogP contribution is 2.35. The van der Waals surface area contributed by atoms with E-state index in [1.165, 1.54) is 32.4 Å². The van der Waals surface area contributed by atoms with Crippen molar-refractivity contribution in [2.24, 2.45) is 0 Å². The summed E-state index contributed by atoms with van der Waals surface area (Å²) in [6.45, 7) is 3.96. The minimum atomic E-state index is -4.11. The van der Waals surface area contributed by atoms with Crippen molar-refractivity contribution >= 4 is 21.6 Å². The molecule has 1 N–H and O–H groups in total. The Kier molecular flexibility index (Phi) is 8.59. The molecule has 0 unspecified atom stereocenters. The van der Waals surface area contributed by atoms with E-state index in [1.54, 1.807) is 24.3 Å². The maximum Gasteiger partial charge on any atom is 0.264 e. The number of carbonyl (C=O) groups is 1. The Bertz CT molecular complexity index is 1260. The first-order chi connectivity index (χ1) is 16.8. The Hall–Kier alpha value is -3.72. The minimum Gasteiger partial charge on any atom is -0.497 e. The first-order valence-corrected chi connectivity index (χ1v) is 12.5. The summed E-state index contributed by atoms with van der Waals surface area (Å²) in [4.78, 5) is 13.1. The van der Waals surface area contributed by atoms with E-state index in [0.717, 1.165) is 15.4 Å². The molecule has 3 rings (SSSR count). The second kappa shape index (κ2) is 11.6. The lowest BCUT2D eigenvalue weighted by molar-refractivity contribution is -0.119. The Morgan fingerprint density at radius 3 is 2.31 bits per heavy atom. The third kappa shape index (κ3) is 6.24. The molecule has 0 heterocycles. The molecule has 9 heteroatoms. The fourth-order valence-electron chi connectivity index (χ4n) is 3.46. The van der Waals surface area contributed by atoms with Gasteiger partial charge in [-0.15, -0.1) is 0 Å². The Morgan fingerprint density at radius 1 is 0.943 bits per heavy atom. The fraction of sp³-hybridized carbons (Fsp3) is 0.269. The van der Waals surface area contributed by atoms with Crippen LogP contribution in [-0.2, 0) is 21.4 Å². The number of anilines is 1. The quantitative estimate of drug-likeness (QED) is 0.431. The number of nitrogens with zero attached hydrogens (tertiary/aromatic N) is 1. The number of hydrogen-bond donors (Lipinski definition) is 1. The summed E-state index contributed by atoms with van der Waals surface area (Å²) in [5.41, 5.74) is 1.90. The predicted octanol–water partition coefficient (Wildman–Crippen LogP) is 3.92. The Balaban J connectivity index is 1.95. The summed E-state index contributed by atoms with van der Waals surface area (Å²) in [5, 5.41) is 2.80. The van der Waals surface area contributed by atoms with Crippen molar-refractivity contribution in [3.05, 3.63) is 77.9 Å². The number of hydrogen-bond acceptors (Lipinski definition) is 6. The molecule has 3 aromatic carbocycles. The number of amides is 1. The van der Waals surface area contributed by atoms with Crippen molar-refractivity contribution in [3.63, 3.8) is 0 Å². The zero-order valence-corrected chi connectivity index (χ0v) is 21.1. The van der Waals surface area contributed by atoms with Crippen LogP contribution in [0.2, 0.25) is 0 Å². The number of ether oxygens (including phenoxy) is 3. The van der Waals surface area contributed by atoms with E-state index in [0.29, 0.717) is 18.1 Å². The number of para-hydroxylation sites is 1. The van der Waals surface area contributed by atoms with Crippen LogP contribution in [0.1, 0.15) is 18.1 Å². The lowest BCUT2D eigenvalue weighted by Crippen LogP contribution is -2.41. The van der Waals surface area contributed by atoms with Crippen LogP contribution in [0.25, 0.3) is 0 Å². The van der Waals surface area contributed by atoms with Crippen LogP contribution >= 0.6 is 0 Å². The molecule has 0 aromatic heterocycles. The van der Waals surface area contributed by atoms with Gasteiger partial charge in [-0.05, 0) is 44.2 Å². The highest BCUT2D eigenvalue weighted by molar-refractivity contribution is 7.92. The van der Waals surface area contributed by atoms with Crippen molar-refractivity contribution in [1.82, 2.24) is 5.32 Å². The lowest BCUT2D eigenvalue weighted by Gasteiger charge is -2.26. The van der Waals surface area contributed by atoms with E-state index in [4.69, 9.17) is 14.2 Å². The van der Waals surface area contributed by atoms with Crippen LogP contribution in [0.5, 0.6) is 17.2 Å². The number of methoxy groups -OCH3 is 2. The number of aryl methyl sites for hydroxylation is 1. The van der Waals surface area contributed by atoms with Gasteiger partial charge in [0.25, 0.3) is 10.0 Å². The molecule has 8 nitrogen and oxygen atoms in total. The number of sulfonamides is 1. The zero-order chi connectivity index (χ0) is 25.4. The fourth-order valence-corrected chi connectivity index (χ4v) is 4.88. The van der Waals surface area contributed by atoms with E-state index in [1.807, 2.05) is 38.1 Å². The predicted molar refractivity (Wildman–Crippen MR) is 135 cm³/mol. The van der Waals surface area contributed by atoms with E-state index >= 15 is 0 Å². The van der Waals surface area contributed by atoms with E-state index < -0.39 is 22.5 Å². The average molecular weight is 499 g/mol. The molecule has 0 saturated heterocycles. The zero-order valence-electron chi connectivity index (χ0n) is 20.3. The third-order valence-corrected chi connectivity index (χ3v) is 7.07. The third-order valence-electron chi connectivity index (χ3n) is 5.30. The molecule has 0 atom stereocenters. The van der Waals surface area contributed by atoms with E-state index in [-0.39, 0.29) is 22.9 Å². The minimum absolute atomic E-state index is 0.0578. The molecule has 35 heavy (non-hydrogen) atoms. The van der Waals surface area contributed by atoms with Gasteiger partial charge in [-0.1, -0.05) is 35.9 Å². The summed E-state index contributed by atoms with van der Waals surface area (Å²) < 4.78 is 44.7. The molecule has 0 spiro atoms. The first kappa shape index (κ1) is 25.9. The van der Waals surface area contributed by atoms with Gasteiger partial charge in [0.15, 0.2) is 0 Å². The van der Waals surface area contributed by atoms with Gasteiger partial charge >= 0.3 is 0 Å². The largest absolute Gasteiger partial charge is 0.497 e. The number of benzene rings is 3. The molecule has 0 radical (unpaired) electrons. The molecule has 0 aliphatic rings. The van der Waals surface area contributed by atoms with Crippen molar-refractivity contribution in [2.75, 3.05) is 31.7 Å². The monoisotopic (exact) mass is 498 g/mol. The Morgan fingerprint density at radius 2 is 1.66 bits per heavy atom. The number of rotatable bonds is 11. The topological polar surface area (TPSA) is 94.2 Å². The lowest BCUT2D eigenvalue weighted by atomic mass is 10.2. The number of carbonyl (C=O) groups excluding carboxylic acids is 1. The molecule has 186 valence electrons. The molecule has 0 bridgehead atoms. The van der Waals surface area contributed by atoms with Crippen LogP contribution in [0.15, 0.2) is 71.6 Å². The normalized spacial score (nSPS) is 11.0. The van der Waals surface area contributed by atoms with Gasteiger partial charge in [0.2, 0.25) is 5.91 Å². The first-order valence-electron chi connectivity index (χ1n) is 11.1. The Labute approximate surface area is 206 Å². The molecule has 0 saturated carbocycles. The second-order valence-corrected chi connectivity index (χ2v) is 9.54. The van der Waals surface area contributed by atoms with Gasteiger partial charge < -0.3 is 19.5 Å². The summed E-state index contributed by atoms with van der Waals surface area (Å²) in [5.74, 6) is 0.887. The SMILES string of the molecule is CCOc1ccccc1CNC(=O)CN(c1cc(OC)ccc1OC)S(=O)(=O)c1ccc(C)cc1. The van der Waals surface area contributed by atoms with Crippen LogP contribution in [-0.4, -0.2) is 41.7 Å². The summed E-state index contributed by atoms with van der Waals surface area (Å²) in [6.07, 6.45) is 0. The van der Waals surface area contributed by atoms with E-state index in [9.17, 15) is 13.2 Å². The molecule has 0 aliphatic heterocycles. The van der Waals surface area contributed by atoms with Crippen molar-refractivity contribution < 1.29 is 27.4 Å². The smallest absolute Gasteiger partial charge is 0.264 e. The van der Waals surface area contributed by atoms with Crippen LogP contribution in [0.4, 0.5) is 5.69 Å². The van der Waals surface area contributed by atoms with Crippen LogP contribution in [0, 0.1) is 6.92 Å². The van der Waals surface area contributed by atoms with Crippen LogP contribution in [0.3, 0.4) is 0 Å². The van der Waals surface area contributed by atoms with Crippen LogP contribution < -0.4 is 23.8 Å². The van der Waals surface area contributed by atoms with Gasteiger partial charge in [-0.2, -0.15) is 0 Å². The van der Waals surface area contributed by atoms with Gasteiger partial charge in [0.1, 0.15) is 23.8 Å². The maximum atomic E-state index is 13.7. The summed E-state index contributed by atoms with van der Waals surface area (Å²) in [6, 6.07) is 18.6. The maximum absolute atomic E-state index is 13.7. The highest BCUT2D eigenvalue weighted by atomic mass is 32.2. The number of nitrogens with one attached hydrogen (secondary N) is 1. The van der Waals surface area contributed by atoms with Gasteiger partial charge in [-0.3, -0.25) is 9.10 Å². The molecular formula is C26H30N2O6S. The molecular weight excluding hydrogens is 468 g/mol. The second-order valence-electron chi connectivity index (χ2n) is 7.68. The summed E-state index contributed by atoms with van der Waals surface area (Å²) in [7, 11) is -1.19. The molecule has 0 aliphatic carbocycles. The van der Waals surface area contributed by atoms with E-state index in [2.05, 4.69) is 5.32 Å². The highest BCUT2D eigenvalue weighted by Gasteiger charge is 2.30. The van der Waals surface area contributed by atoms with Crippen molar-refractivity contribution in [3.8, 4) is 17.2 Å².